The van der Waals surface area contributed by atoms with Crippen molar-refractivity contribution in [3.05, 3.63) is 27.7 Å². The molecule has 120 valence electrons. The van der Waals surface area contributed by atoms with Crippen molar-refractivity contribution in [1.29, 1.82) is 0 Å². The Hall–Kier alpha value is -1.46. The summed E-state index contributed by atoms with van der Waals surface area (Å²) in [5.74, 6) is -0.442. The van der Waals surface area contributed by atoms with E-state index in [1.54, 1.807) is 4.90 Å². The monoisotopic (exact) mass is 344 g/mol. The Balaban J connectivity index is 1.97. The SMILES string of the molecule is CC1CCCN(C(=O)COC(=O)c2cc(Cl)cc(Cl)c2N)C1. The number of benzene rings is 1. The van der Waals surface area contributed by atoms with E-state index in [2.05, 4.69) is 6.92 Å². The average Bonchev–Trinajstić information content (AvgIpc) is 2.48. The fourth-order valence-electron chi connectivity index (χ4n) is 2.47. The van der Waals surface area contributed by atoms with Gasteiger partial charge in [-0.25, -0.2) is 4.79 Å². The molecule has 0 saturated carbocycles. The van der Waals surface area contributed by atoms with Crippen LogP contribution in [0, 0.1) is 5.92 Å². The molecule has 0 radical (unpaired) electrons. The quantitative estimate of drug-likeness (QED) is 0.675. The van der Waals surface area contributed by atoms with Crippen LogP contribution in [-0.4, -0.2) is 36.5 Å². The maximum atomic E-state index is 12.1. The number of nitrogens with zero attached hydrogens (tertiary/aromatic N) is 1. The molecule has 1 atom stereocenters. The Bertz CT molecular complexity index is 592. The first-order valence-electron chi connectivity index (χ1n) is 7.08. The van der Waals surface area contributed by atoms with E-state index < -0.39 is 5.97 Å². The van der Waals surface area contributed by atoms with Crippen molar-refractivity contribution in [3.8, 4) is 0 Å². The molecular weight excluding hydrogens is 327 g/mol. The lowest BCUT2D eigenvalue weighted by molar-refractivity contribution is -0.136. The second-order valence-electron chi connectivity index (χ2n) is 5.51. The van der Waals surface area contributed by atoms with E-state index in [0.717, 1.165) is 12.8 Å². The van der Waals surface area contributed by atoms with Gasteiger partial charge in [0.15, 0.2) is 6.61 Å². The number of nitrogen functional groups attached to an aromatic ring is 1. The van der Waals surface area contributed by atoms with E-state index >= 15 is 0 Å². The van der Waals surface area contributed by atoms with E-state index in [1.807, 2.05) is 0 Å². The summed E-state index contributed by atoms with van der Waals surface area (Å²) in [6.07, 6.45) is 2.08. The number of piperidine rings is 1. The van der Waals surface area contributed by atoms with E-state index in [1.165, 1.54) is 12.1 Å². The zero-order chi connectivity index (χ0) is 16.3. The van der Waals surface area contributed by atoms with Gasteiger partial charge in [-0.05, 0) is 30.9 Å². The molecule has 2 N–H and O–H groups in total. The zero-order valence-corrected chi connectivity index (χ0v) is 13.8. The topological polar surface area (TPSA) is 72.6 Å². The van der Waals surface area contributed by atoms with Crippen LogP contribution < -0.4 is 5.73 Å². The minimum absolute atomic E-state index is 0.0670. The molecule has 1 unspecified atom stereocenters. The highest BCUT2D eigenvalue weighted by Gasteiger charge is 2.23. The van der Waals surface area contributed by atoms with Crippen LogP contribution >= 0.6 is 23.2 Å². The Morgan fingerprint density at radius 1 is 1.41 bits per heavy atom. The standard InChI is InChI=1S/C15H18Cl2N2O3/c1-9-3-2-4-19(7-9)13(20)8-22-15(21)11-5-10(16)6-12(17)14(11)18/h5-6,9H,2-4,7-8,18H2,1H3. The first-order chi connectivity index (χ1) is 10.4. The molecule has 1 aromatic carbocycles. The molecule has 0 spiro atoms. The van der Waals surface area contributed by atoms with Gasteiger partial charge in [-0.3, -0.25) is 4.79 Å². The second kappa shape index (κ2) is 7.20. The van der Waals surface area contributed by atoms with E-state index in [-0.39, 0.29) is 33.8 Å². The van der Waals surface area contributed by atoms with Gasteiger partial charge in [0.05, 0.1) is 16.3 Å². The van der Waals surface area contributed by atoms with E-state index in [9.17, 15) is 9.59 Å². The fraction of sp³-hybridized carbons (Fsp3) is 0.467. The summed E-state index contributed by atoms with van der Waals surface area (Å²) < 4.78 is 5.04. The average molecular weight is 345 g/mol. The molecule has 0 aliphatic carbocycles. The van der Waals surface area contributed by atoms with Crippen molar-refractivity contribution in [2.45, 2.75) is 19.8 Å². The third-order valence-corrected chi connectivity index (χ3v) is 4.18. The third kappa shape index (κ3) is 4.05. The van der Waals surface area contributed by atoms with Crippen LogP contribution in [0.1, 0.15) is 30.1 Å². The number of likely N-dealkylation sites (tertiary alicyclic amines) is 1. The molecule has 0 aromatic heterocycles. The summed E-state index contributed by atoms with van der Waals surface area (Å²) in [5.41, 5.74) is 5.89. The lowest BCUT2D eigenvalue weighted by Crippen LogP contribution is -2.41. The maximum Gasteiger partial charge on any atom is 0.340 e. The fourth-order valence-corrected chi connectivity index (χ4v) is 2.96. The molecule has 1 aliphatic heterocycles. The second-order valence-corrected chi connectivity index (χ2v) is 6.36. The van der Waals surface area contributed by atoms with Crippen molar-refractivity contribution < 1.29 is 14.3 Å². The Morgan fingerprint density at radius 2 is 2.14 bits per heavy atom. The molecule has 1 aliphatic rings. The molecule has 1 heterocycles. The minimum Gasteiger partial charge on any atom is -0.452 e. The summed E-state index contributed by atoms with van der Waals surface area (Å²) in [6.45, 7) is 3.18. The predicted molar refractivity (Wildman–Crippen MR) is 86.1 cm³/mol. The minimum atomic E-state index is -0.708. The first kappa shape index (κ1) is 16.9. The van der Waals surface area contributed by atoms with Gasteiger partial charge in [0.2, 0.25) is 0 Å². The number of nitrogens with two attached hydrogens (primary N) is 1. The highest BCUT2D eigenvalue weighted by molar-refractivity contribution is 6.37. The van der Waals surface area contributed by atoms with Crippen LogP contribution in [0.15, 0.2) is 12.1 Å². The number of amides is 1. The molecular formula is C15H18Cl2N2O3. The van der Waals surface area contributed by atoms with Crippen LogP contribution in [0.2, 0.25) is 10.0 Å². The van der Waals surface area contributed by atoms with Crippen molar-refractivity contribution in [2.24, 2.45) is 5.92 Å². The van der Waals surface area contributed by atoms with Crippen LogP contribution in [0.5, 0.6) is 0 Å². The number of esters is 1. The summed E-state index contributed by atoms with van der Waals surface area (Å²) in [4.78, 5) is 25.8. The van der Waals surface area contributed by atoms with Crippen LogP contribution in [0.3, 0.4) is 0 Å². The van der Waals surface area contributed by atoms with Crippen molar-refractivity contribution >= 4 is 40.8 Å². The third-order valence-electron chi connectivity index (χ3n) is 3.65. The van der Waals surface area contributed by atoms with Crippen LogP contribution in [0.4, 0.5) is 5.69 Å². The lowest BCUT2D eigenvalue weighted by atomic mass is 10.0. The Labute approximate surface area is 139 Å². The highest BCUT2D eigenvalue weighted by Crippen LogP contribution is 2.28. The Kier molecular flexibility index (Phi) is 5.53. The summed E-state index contributed by atoms with van der Waals surface area (Å²) in [6, 6.07) is 2.81. The van der Waals surface area contributed by atoms with Gasteiger partial charge in [-0.15, -0.1) is 0 Å². The van der Waals surface area contributed by atoms with Gasteiger partial charge < -0.3 is 15.4 Å². The van der Waals surface area contributed by atoms with Crippen molar-refractivity contribution in [1.82, 2.24) is 4.90 Å². The normalized spacial score (nSPS) is 18.1. The number of anilines is 1. The zero-order valence-electron chi connectivity index (χ0n) is 12.3. The van der Waals surface area contributed by atoms with Gasteiger partial charge in [-0.1, -0.05) is 30.1 Å². The van der Waals surface area contributed by atoms with E-state index in [4.69, 9.17) is 33.7 Å². The molecule has 1 fully saturated rings. The number of carbonyl (C=O) groups is 2. The molecule has 1 saturated heterocycles. The van der Waals surface area contributed by atoms with Crippen LogP contribution in [0.25, 0.3) is 0 Å². The number of ether oxygens (including phenoxy) is 1. The molecule has 22 heavy (non-hydrogen) atoms. The molecule has 0 bridgehead atoms. The van der Waals surface area contributed by atoms with Gasteiger partial charge in [0.1, 0.15) is 0 Å². The molecule has 7 heteroatoms. The number of halogens is 2. The summed E-state index contributed by atoms with van der Waals surface area (Å²) in [5, 5.41) is 0.456. The predicted octanol–water partition coefficient (Wildman–Crippen LogP) is 2.99. The molecule has 1 aromatic rings. The highest BCUT2D eigenvalue weighted by atomic mass is 35.5. The first-order valence-corrected chi connectivity index (χ1v) is 7.83. The summed E-state index contributed by atoms with van der Waals surface area (Å²) in [7, 11) is 0. The van der Waals surface area contributed by atoms with E-state index in [0.29, 0.717) is 19.0 Å². The van der Waals surface area contributed by atoms with Crippen molar-refractivity contribution in [2.75, 3.05) is 25.4 Å². The number of carbonyl (C=O) groups excluding carboxylic acids is 2. The molecule has 1 amide bonds. The van der Waals surface area contributed by atoms with Gasteiger partial charge >= 0.3 is 5.97 Å². The largest absolute Gasteiger partial charge is 0.452 e. The number of hydrogen-bond donors (Lipinski definition) is 1. The maximum absolute atomic E-state index is 12.1. The molecule has 2 rings (SSSR count). The van der Waals surface area contributed by atoms with Gasteiger partial charge in [0.25, 0.3) is 5.91 Å². The smallest absolute Gasteiger partial charge is 0.340 e. The van der Waals surface area contributed by atoms with Gasteiger partial charge in [0, 0.05) is 18.1 Å². The summed E-state index contributed by atoms with van der Waals surface area (Å²) >= 11 is 11.7. The van der Waals surface area contributed by atoms with Gasteiger partial charge in [-0.2, -0.15) is 0 Å². The molecule has 5 nitrogen and oxygen atoms in total. The Morgan fingerprint density at radius 3 is 2.82 bits per heavy atom. The number of rotatable bonds is 3. The number of hydrogen-bond acceptors (Lipinski definition) is 4. The van der Waals surface area contributed by atoms with Crippen LogP contribution in [-0.2, 0) is 9.53 Å². The lowest BCUT2D eigenvalue weighted by Gasteiger charge is -2.30. The van der Waals surface area contributed by atoms with Crippen molar-refractivity contribution in [3.63, 3.8) is 0 Å².